The van der Waals surface area contributed by atoms with Crippen LogP contribution in [0.1, 0.15) is 48.8 Å². The lowest BCUT2D eigenvalue weighted by Crippen LogP contribution is -2.50. The molecule has 0 atom stereocenters. The van der Waals surface area contributed by atoms with Crippen molar-refractivity contribution in [3.8, 4) is 0 Å². The Morgan fingerprint density at radius 3 is 2.38 bits per heavy atom. The zero-order valence-electron chi connectivity index (χ0n) is 14.1. The summed E-state index contributed by atoms with van der Waals surface area (Å²) in [4.78, 5) is 12.8. The highest BCUT2D eigenvalue weighted by molar-refractivity contribution is 5.85. The first-order valence-electron chi connectivity index (χ1n) is 9.35. The maximum Gasteiger partial charge on any atom is 0.223 e. The number of rotatable bonds is 3. The number of benzene rings is 1. The normalized spacial score (nSPS) is 35.4. The molecule has 130 valence electrons. The Balaban J connectivity index is 0.00000146. The third-order valence-electron chi connectivity index (χ3n) is 6.90. The van der Waals surface area contributed by atoms with E-state index in [0.717, 1.165) is 24.9 Å². The molecular formula is C20H27ClN2O. The predicted octanol–water partition coefficient (Wildman–Crippen LogP) is 3.40. The van der Waals surface area contributed by atoms with Gasteiger partial charge < -0.3 is 10.6 Å². The summed E-state index contributed by atoms with van der Waals surface area (Å²) < 4.78 is 0. The highest BCUT2D eigenvalue weighted by Gasteiger charge is 2.50. The van der Waals surface area contributed by atoms with Crippen LogP contribution in [-0.2, 0) is 24.4 Å². The predicted molar refractivity (Wildman–Crippen MR) is 96.6 cm³/mol. The average Bonchev–Trinajstić information content (AvgIpc) is 2.99. The molecular weight excluding hydrogens is 320 g/mol. The summed E-state index contributed by atoms with van der Waals surface area (Å²) in [7, 11) is 0. The lowest BCUT2D eigenvalue weighted by atomic mass is 9.51. The first-order chi connectivity index (χ1) is 11.3. The maximum absolute atomic E-state index is 12.8. The molecule has 4 heteroatoms. The van der Waals surface area contributed by atoms with E-state index < -0.39 is 0 Å². The van der Waals surface area contributed by atoms with Gasteiger partial charge in [0.2, 0.25) is 5.91 Å². The second-order valence-corrected chi connectivity index (χ2v) is 8.38. The molecule has 4 saturated carbocycles. The summed E-state index contributed by atoms with van der Waals surface area (Å²) in [6.07, 6.45) is 6.71. The molecule has 4 bridgehead atoms. The van der Waals surface area contributed by atoms with E-state index in [1.807, 2.05) is 0 Å². The SMILES string of the molecule is Cl.O=C(NCc1ccc2c(c1)CNC2)C1C2CC3CC(C2)CC1C3. The Kier molecular flexibility index (Phi) is 4.34. The van der Waals surface area contributed by atoms with E-state index in [0.29, 0.717) is 30.2 Å². The fourth-order valence-corrected chi connectivity index (χ4v) is 6.12. The third kappa shape index (κ3) is 2.76. The minimum absolute atomic E-state index is 0. The van der Waals surface area contributed by atoms with Crippen molar-refractivity contribution < 1.29 is 4.79 Å². The quantitative estimate of drug-likeness (QED) is 0.880. The van der Waals surface area contributed by atoms with Crippen LogP contribution in [0.25, 0.3) is 0 Å². The van der Waals surface area contributed by atoms with Crippen molar-refractivity contribution in [1.29, 1.82) is 0 Å². The van der Waals surface area contributed by atoms with Gasteiger partial charge in [-0.1, -0.05) is 18.2 Å². The Morgan fingerprint density at radius 2 is 1.67 bits per heavy atom. The first kappa shape index (κ1) is 16.4. The van der Waals surface area contributed by atoms with Crippen LogP contribution in [0.2, 0.25) is 0 Å². The van der Waals surface area contributed by atoms with Crippen molar-refractivity contribution in [2.45, 2.75) is 51.7 Å². The van der Waals surface area contributed by atoms with E-state index in [1.165, 1.54) is 48.8 Å². The van der Waals surface area contributed by atoms with Gasteiger partial charge >= 0.3 is 0 Å². The van der Waals surface area contributed by atoms with E-state index in [1.54, 1.807) is 0 Å². The van der Waals surface area contributed by atoms with Crippen molar-refractivity contribution in [2.75, 3.05) is 0 Å². The molecule has 4 aliphatic carbocycles. The fraction of sp³-hybridized carbons (Fsp3) is 0.650. The number of amides is 1. The third-order valence-corrected chi connectivity index (χ3v) is 6.90. The number of fused-ring (bicyclic) bond motifs is 1. The minimum Gasteiger partial charge on any atom is -0.352 e. The summed E-state index contributed by atoms with van der Waals surface area (Å²) in [5, 5.41) is 6.64. The van der Waals surface area contributed by atoms with Crippen LogP contribution in [0.15, 0.2) is 18.2 Å². The van der Waals surface area contributed by atoms with Gasteiger partial charge in [0.05, 0.1) is 0 Å². The molecule has 0 saturated heterocycles. The van der Waals surface area contributed by atoms with E-state index in [2.05, 4.69) is 28.8 Å². The molecule has 6 rings (SSSR count). The van der Waals surface area contributed by atoms with Gasteiger partial charge in [-0.15, -0.1) is 12.4 Å². The van der Waals surface area contributed by atoms with Crippen LogP contribution >= 0.6 is 12.4 Å². The van der Waals surface area contributed by atoms with E-state index in [9.17, 15) is 4.79 Å². The Morgan fingerprint density at radius 1 is 1.00 bits per heavy atom. The monoisotopic (exact) mass is 346 g/mol. The topological polar surface area (TPSA) is 41.1 Å². The first-order valence-corrected chi connectivity index (χ1v) is 9.35. The van der Waals surface area contributed by atoms with E-state index >= 15 is 0 Å². The van der Waals surface area contributed by atoms with Gasteiger partial charge in [-0.25, -0.2) is 0 Å². The molecule has 4 fully saturated rings. The molecule has 0 aromatic heterocycles. The Bertz CT molecular complexity index is 617. The zero-order valence-corrected chi connectivity index (χ0v) is 14.9. The standard InChI is InChI=1S/C20H26N2O.ClH/c23-20(19-16-5-13-3-14(7-16)8-17(19)6-13)22-9-12-1-2-15-10-21-11-18(15)4-12;/h1-2,4,13-14,16-17,19,21H,3,5-11H2,(H,22,23);1H. The van der Waals surface area contributed by atoms with Gasteiger partial charge in [-0.3, -0.25) is 4.79 Å². The summed E-state index contributed by atoms with van der Waals surface area (Å²) in [6.45, 7) is 2.64. The number of hydrogen-bond donors (Lipinski definition) is 2. The summed E-state index contributed by atoms with van der Waals surface area (Å²) in [6, 6.07) is 6.63. The molecule has 1 amide bonds. The number of carbonyl (C=O) groups excluding carboxylic acids is 1. The maximum atomic E-state index is 12.8. The fourth-order valence-electron chi connectivity index (χ4n) is 6.12. The molecule has 0 radical (unpaired) electrons. The number of halogens is 1. The zero-order chi connectivity index (χ0) is 15.4. The lowest BCUT2D eigenvalue weighted by Gasteiger charge is -2.53. The van der Waals surface area contributed by atoms with E-state index in [4.69, 9.17) is 0 Å². The van der Waals surface area contributed by atoms with Gasteiger partial charge in [0.15, 0.2) is 0 Å². The number of carbonyl (C=O) groups is 1. The van der Waals surface area contributed by atoms with Crippen molar-refractivity contribution in [3.63, 3.8) is 0 Å². The van der Waals surface area contributed by atoms with Crippen LogP contribution in [0.3, 0.4) is 0 Å². The molecule has 1 heterocycles. The molecule has 0 spiro atoms. The number of nitrogens with one attached hydrogen (secondary N) is 2. The van der Waals surface area contributed by atoms with Crippen molar-refractivity contribution in [1.82, 2.24) is 10.6 Å². The van der Waals surface area contributed by atoms with Gasteiger partial charge in [0.25, 0.3) is 0 Å². The molecule has 1 aliphatic heterocycles. The van der Waals surface area contributed by atoms with Gasteiger partial charge in [0.1, 0.15) is 0 Å². The highest BCUT2D eigenvalue weighted by atomic mass is 35.5. The molecule has 1 aromatic rings. The average molecular weight is 347 g/mol. The van der Waals surface area contributed by atoms with Crippen molar-refractivity contribution >= 4 is 18.3 Å². The van der Waals surface area contributed by atoms with Crippen LogP contribution in [0.5, 0.6) is 0 Å². The minimum atomic E-state index is 0. The lowest BCUT2D eigenvalue weighted by molar-refractivity contribution is -0.138. The van der Waals surface area contributed by atoms with Gasteiger partial charge in [-0.2, -0.15) is 0 Å². The van der Waals surface area contributed by atoms with E-state index in [-0.39, 0.29) is 12.4 Å². The molecule has 5 aliphatic rings. The number of hydrogen-bond acceptors (Lipinski definition) is 2. The highest BCUT2D eigenvalue weighted by Crippen LogP contribution is 2.56. The van der Waals surface area contributed by atoms with Crippen molar-refractivity contribution in [3.05, 3.63) is 34.9 Å². The molecule has 3 nitrogen and oxygen atoms in total. The molecule has 2 N–H and O–H groups in total. The smallest absolute Gasteiger partial charge is 0.223 e. The summed E-state index contributed by atoms with van der Waals surface area (Å²) in [5.41, 5.74) is 4.04. The Labute approximate surface area is 150 Å². The molecule has 24 heavy (non-hydrogen) atoms. The van der Waals surface area contributed by atoms with Gasteiger partial charge in [-0.05, 0) is 72.5 Å². The summed E-state index contributed by atoms with van der Waals surface area (Å²) in [5.74, 6) is 3.86. The molecule has 1 aromatic carbocycles. The molecule has 0 unspecified atom stereocenters. The van der Waals surface area contributed by atoms with Crippen LogP contribution in [-0.4, -0.2) is 5.91 Å². The summed E-state index contributed by atoms with van der Waals surface area (Å²) >= 11 is 0. The Hall–Kier alpha value is -1.06. The van der Waals surface area contributed by atoms with Gasteiger partial charge in [0, 0.05) is 25.6 Å². The largest absolute Gasteiger partial charge is 0.352 e. The second kappa shape index (κ2) is 6.34. The van der Waals surface area contributed by atoms with Crippen LogP contribution < -0.4 is 10.6 Å². The second-order valence-electron chi connectivity index (χ2n) is 8.38. The van der Waals surface area contributed by atoms with Crippen molar-refractivity contribution in [2.24, 2.45) is 29.6 Å². The van der Waals surface area contributed by atoms with Crippen LogP contribution in [0.4, 0.5) is 0 Å². The van der Waals surface area contributed by atoms with Crippen LogP contribution in [0, 0.1) is 29.6 Å².